The minimum atomic E-state index is -0.299. The molecule has 0 fully saturated rings. The van der Waals surface area contributed by atoms with Gasteiger partial charge >= 0.3 is 5.97 Å². The van der Waals surface area contributed by atoms with Gasteiger partial charge in [0.05, 0.1) is 12.9 Å². The molecule has 1 aromatic carbocycles. The lowest BCUT2D eigenvalue weighted by atomic mass is 10.1. The molecule has 1 aromatic heterocycles. The van der Waals surface area contributed by atoms with Crippen molar-refractivity contribution in [2.24, 2.45) is 0 Å². The van der Waals surface area contributed by atoms with Crippen molar-refractivity contribution >= 4 is 28.5 Å². The minimum absolute atomic E-state index is 0.121. The molecule has 0 radical (unpaired) electrons. The van der Waals surface area contributed by atoms with Crippen molar-refractivity contribution in [1.82, 2.24) is 0 Å². The second kappa shape index (κ2) is 5.56. The maximum Gasteiger partial charge on any atom is 0.302 e. The molecule has 0 unspecified atom stereocenters. The first-order valence-electron chi connectivity index (χ1n) is 5.97. The quantitative estimate of drug-likeness (QED) is 0.858. The Balaban J connectivity index is 2.19. The van der Waals surface area contributed by atoms with E-state index in [4.69, 9.17) is 9.15 Å². The number of fused-ring (bicyclic) bond motifs is 1. The lowest BCUT2D eigenvalue weighted by Crippen LogP contribution is -2.05. The van der Waals surface area contributed by atoms with Gasteiger partial charge < -0.3 is 14.5 Å². The maximum atomic E-state index is 11.0. The number of hydrogen-bond acceptors (Lipinski definition) is 4. The van der Waals surface area contributed by atoms with Crippen molar-refractivity contribution in [1.29, 1.82) is 0 Å². The molecule has 0 atom stereocenters. The Hall–Kier alpha value is -2.30. The van der Waals surface area contributed by atoms with E-state index in [0.717, 1.165) is 22.2 Å². The van der Waals surface area contributed by atoms with Crippen LogP contribution in [0.15, 0.2) is 28.9 Å². The topological polar surface area (TPSA) is 68.5 Å². The molecule has 1 heterocycles. The summed E-state index contributed by atoms with van der Waals surface area (Å²) >= 11 is 0. The van der Waals surface area contributed by atoms with Gasteiger partial charge in [-0.2, -0.15) is 0 Å². The fourth-order valence-electron chi connectivity index (χ4n) is 1.86. The number of rotatable bonds is 4. The van der Waals surface area contributed by atoms with Gasteiger partial charge in [-0.1, -0.05) is 0 Å². The number of benzene rings is 1. The number of furan rings is 1. The average Bonchev–Trinajstić information content (AvgIpc) is 2.71. The Morgan fingerprint density at radius 1 is 1.32 bits per heavy atom. The summed E-state index contributed by atoms with van der Waals surface area (Å²) in [4.78, 5) is 21.7. The third-order valence-electron chi connectivity index (χ3n) is 2.65. The van der Waals surface area contributed by atoms with Gasteiger partial charge in [0.15, 0.2) is 0 Å². The molecule has 1 N–H and O–H groups in total. The summed E-state index contributed by atoms with van der Waals surface area (Å²) in [5, 5.41) is 3.64. The molecule has 0 aliphatic heterocycles. The highest BCUT2D eigenvalue weighted by atomic mass is 16.5. The standard InChI is InChI=1S/C14H15NO4/c1-9(16)15-12-3-4-14-13(7-12)11(8-19-14)5-6-18-10(2)17/h3-4,7-8H,5-6H2,1-2H3,(H,15,16). The second-order valence-corrected chi connectivity index (χ2v) is 4.24. The van der Waals surface area contributed by atoms with Crippen molar-refractivity contribution in [3.05, 3.63) is 30.0 Å². The summed E-state index contributed by atoms with van der Waals surface area (Å²) in [6.07, 6.45) is 2.22. The van der Waals surface area contributed by atoms with Crippen LogP contribution in [0.4, 0.5) is 5.69 Å². The van der Waals surface area contributed by atoms with Gasteiger partial charge in [-0.15, -0.1) is 0 Å². The van der Waals surface area contributed by atoms with Crippen LogP contribution in [0.3, 0.4) is 0 Å². The van der Waals surface area contributed by atoms with Gasteiger partial charge in [0, 0.05) is 36.9 Å². The fourth-order valence-corrected chi connectivity index (χ4v) is 1.86. The maximum absolute atomic E-state index is 11.0. The van der Waals surface area contributed by atoms with Crippen LogP contribution in [0, 0.1) is 0 Å². The van der Waals surface area contributed by atoms with Crippen LogP contribution in [0.1, 0.15) is 19.4 Å². The fraction of sp³-hybridized carbons (Fsp3) is 0.286. The van der Waals surface area contributed by atoms with E-state index in [9.17, 15) is 9.59 Å². The molecule has 0 aliphatic rings. The molecule has 2 rings (SSSR count). The van der Waals surface area contributed by atoms with E-state index in [2.05, 4.69) is 5.32 Å². The van der Waals surface area contributed by atoms with Crippen molar-refractivity contribution in [3.63, 3.8) is 0 Å². The van der Waals surface area contributed by atoms with E-state index < -0.39 is 0 Å². The van der Waals surface area contributed by atoms with Crippen molar-refractivity contribution in [3.8, 4) is 0 Å². The third kappa shape index (κ3) is 3.34. The molecule has 5 heteroatoms. The van der Waals surface area contributed by atoms with Crippen LogP contribution in [0.5, 0.6) is 0 Å². The SMILES string of the molecule is CC(=O)Nc1ccc2occ(CCOC(C)=O)c2c1. The minimum Gasteiger partial charge on any atom is -0.466 e. The predicted octanol–water partition coefficient (Wildman–Crippen LogP) is 2.50. The monoisotopic (exact) mass is 261 g/mol. The normalized spacial score (nSPS) is 10.4. The lowest BCUT2D eigenvalue weighted by molar-refractivity contribution is -0.140. The number of hydrogen-bond donors (Lipinski definition) is 1. The van der Waals surface area contributed by atoms with Gasteiger partial charge in [-0.3, -0.25) is 9.59 Å². The Morgan fingerprint density at radius 3 is 2.79 bits per heavy atom. The Bertz CT molecular complexity index is 615. The number of anilines is 1. The van der Waals surface area contributed by atoms with E-state index in [-0.39, 0.29) is 11.9 Å². The van der Waals surface area contributed by atoms with E-state index in [1.165, 1.54) is 13.8 Å². The summed E-state index contributed by atoms with van der Waals surface area (Å²) < 4.78 is 10.3. The van der Waals surface area contributed by atoms with Crippen LogP contribution >= 0.6 is 0 Å². The molecular formula is C14H15NO4. The Labute approximate surface area is 110 Å². The van der Waals surface area contributed by atoms with E-state index in [0.29, 0.717) is 13.0 Å². The van der Waals surface area contributed by atoms with Crippen LogP contribution in [0.25, 0.3) is 11.0 Å². The number of ether oxygens (including phenoxy) is 1. The summed E-state index contributed by atoms with van der Waals surface area (Å²) in [6.45, 7) is 3.15. The summed E-state index contributed by atoms with van der Waals surface area (Å²) in [5.74, 6) is -0.420. The summed E-state index contributed by atoms with van der Waals surface area (Å²) in [5.41, 5.74) is 2.41. The van der Waals surface area contributed by atoms with Crippen LogP contribution in [-0.4, -0.2) is 18.5 Å². The zero-order valence-corrected chi connectivity index (χ0v) is 10.9. The molecule has 1 amide bonds. The smallest absolute Gasteiger partial charge is 0.302 e. The number of nitrogens with one attached hydrogen (secondary N) is 1. The largest absolute Gasteiger partial charge is 0.466 e. The first kappa shape index (κ1) is 13.1. The molecule has 0 bridgehead atoms. The Kier molecular flexibility index (Phi) is 3.85. The van der Waals surface area contributed by atoms with Gasteiger partial charge in [0.2, 0.25) is 5.91 Å². The van der Waals surface area contributed by atoms with E-state index in [1.54, 1.807) is 18.4 Å². The van der Waals surface area contributed by atoms with Crippen molar-refractivity contribution in [2.75, 3.05) is 11.9 Å². The zero-order chi connectivity index (χ0) is 13.8. The molecule has 0 saturated heterocycles. The first-order chi connectivity index (χ1) is 9.06. The highest BCUT2D eigenvalue weighted by Gasteiger charge is 2.08. The summed E-state index contributed by atoms with van der Waals surface area (Å²) in [6, 6.07) is 5.43. The molecule has 100 valence electrons. The predicted molar refractivity (Wildman–Crippen MR) is 70.9 cm³/mol. The highest BCUT2D eigenvalue weighted by molar-refractivity contribution is 5.92. The molecule has 0 spiro atoms. The van der Waals surface area contributed by atoms with Crippen molar-refractivity contribution < 1.29 is 18.7 Å². The van der Waals surface area contributed by atoms with Crippen LogP contribution < -0.4 is 5.32 Å². The highest BCUT2D eigenvalue weighted by Crippen LogP contribution is 2.25. The van der Waals surface area contributed by atoms with Crippen molar-refractivity contribution in [2.45, 2.75) is 20.3 Å². The average molecular weight is 261 g/mol. The van der Waals surface area contributed by atoms with Crippen LogP contribution in [-0.2, 0) is 20.7 Å². The number of esters is 1. The lowest BCUT2D eigenvalue weighted by Gasteiger charge is -2.03. The van der Waals surface area contributed by atoms with Gasteiger partial charge in [-0.05, 0) is 18.2 Å². The molecular weight excluding hydrogens is 246 g/mol. The van der Waals surface area contributed by atoms with Gasteiger partial charge in [0.1, 0.15) is 5.58 Å². The number of amides is 1. The third-order valence-corrected chi connectivity index (χ3v) is 2.65. The Morgan fingerprint density at radius 2 is 2.11 bits per heavy atom. The first-order valence-corrected chi connectivity index (χ1v) is 5.97. The van der Waals surface area contributed by atoms with E-state index >= 15 is 0 Å². The molecule has 2 aromatic rings. The summed E-state index contributed by atoms with van der Waals surface area (Å²) in [7, 11) is 0. The second-order valence-electron chi connectivity index (χ2n) is 4.24. The van der Waals surface area contributed by atoms with Gasteiger partial charge in [0.25, 0.3) is 0 Å². The number of carbonyl (C=O) groups excluding carboxylic acids is 2. The van der Waals surface area contributed by atoms with Crippen LogP contribution in [0.2, 0.25) is 0 Å². The molecule has 0 saturated carbocycles. The van der Waals surface area contributed by atoms with E-state index in [1.807, 2.05) is 6.07 Å². The van der Waals surface area contributed by atoms with Gasteiger partial charge in [-0.25, -0.2) is 0 Å². The molecule has 19 heavy (non-hydrogen) atoms. The number of carbonyl (C=O) groups is 2. The molecule has 0 aliphatic carbocycles. The zero-order valence-electron chi connectivity index (χ0n) is 10.9. The molecule has 5 nitrogen and oxygen atoms in total.